The predicted molar refractivity (Wildman–Crippen MR) is 85.9 cm³/mol. The number of primary amides is 1. The van der Waals surface area contributed by atoms with Crippen molar-refractivity contribution in [2.75, 3.05) is 6.61 Å². The molecule has 4 N–H and O–H groups in total. The van der Waals surface area contributed by atoms with Gasteiger partial charge < -0.3 is 25.4 Å². The maximum absolute atomic E-state index is 12.1. The molecule has 3 rings (SSSR count). The molecule has 2 heterocycles. The van der Waals surface area contributed by atoms with Crippen LogP contribution < -0.4 is 5.73 Å². The Morgan fingerprint density at radius 2 is 2.04 bits per heavy atom. The van der Waals surface area contributed by atoms with Crippen LogP contribution in [0.15, 0.2) is 30.6 Å². The summed E-state index contributed by atoms with van der Waals surface area (Å²) in [4.78, 5) is 26.9. The molecule has 1 aliphatic rings. The summed E-state index contributed by atoms with van der Waals surface area (Å²) in [5, 5.41) is 24.1. The maximum atomic E-state index is 12.1. The average molecular weight is 362 g/mol. The van der Waals surface area contributed by atoms with Gasteiger partial charge in [0.2, 0.25) is 5.82 Å². The van der Waals surface area contributed by atoms with Crippen LogP contribution in [0.25, 0.3) is 0 Å². The fraction of sp³-hybridized carbons (Fsp3) is 0.375. The molecule has 10 heteroatoms. The Hall–Kier alpha value is -2.82. The second-order valence-electron chi connectivity index (χ2n) is 5.87. The number of aromatic nitrogens is 3. The van der Waals surface area contributed by atoms with Crippen molar-refractivity contribution in [1.29, 1.82) is 0 Å². The smallest absolute Gasteiger partial charge is 0.338 e. The first-order valence-electron chi connectivity index (χ1n) is 7.83. The van der Waals surface area contributed by atoms with E-state index in [1.807, 2.05) is 0 Å². The molecule has 4 atom stereocenters. The van der Waals surface area contributed by atoms with E-state index >= 15 is 0 Å². The lowest BCUT2D eigenvalue weighted by Crippen LogP contribution is -2.34. The molecule has 1 saturated heterocycles. The van der Waals surface area contributed by atoms with Gasteiger partial charge in [-0.25, -0.2) is 14.5 Å². The van der Waals surface area contributed by atoms with Crippen molar-refractivity contribution >= 4 is 11.9 Å². The van der Waals surface area contributed by atoms with Crippen molar-refractivity contribution in [3.8, 4) is 0 Å². The number of hydrogen-bond acceptors (Lipinski definition) is 8. The minimum absolute atomic E-state index is 0.246. The van der Waals surface area contributed by atoms with Gasteiger partial charge in [0.1, 0.15) is 31.2 Å². The first-order valence-corrected chi connectivity index (χ1v) is 7.83. The van der Waals surface area contributed by atoms with E-state index in [0.29, 0.717) is 5.56 Å². The molecule has 0 bridgehead atoms. The number of amides is 1. The van der Waals surface area contributed by atoms with Crippen LogP contribution in [0.3, 0.4) is 0 Å². The van der Waals surface area contributed by atoms with Gasteiger partial charge in [0.25, 0.3) is 5.91 Å². The summed E-state index contributed by atoms with van der Waals surface area (Å²) >= 11 is 0. The Morgan fingerprint density at radius 1 is 1.31 bits per heavy atom. The number of benzene rings is 1. The van der Waals surface area contributed by atoms with Crippen LogP contribution in [0.2, 0.25) is 0 Å². The molecule has 1 aromatic heterocycles. The Kier molecular flexibility index (Phi) is 4.98. The zero-order valence-corrected chi connectivity index (χ0v) is 13.8. The van der Waals surface area contributed by atoms with Gasteiger partial charge >= 0.3 is 5.97 Å². The standard InChI is InChI=1S/C16H18N4O6/c1-8-4-2-3-5-9(8)16(24)25-6-10-11(21)12(22)15(26-10)20-7-18-14(19-20)13(17)23/h2-5,7,10-12,15,21-22H,6H2,1H3,(H2,17,23). The summed E-state index contributed by atoms with van der Waals surface area (Å²) in [6, 6.07) is 6.92. The van der Waals surface area contributed by atoms with Crippen molar-refractivity contribution in [2.45, 2.75) is 31.5 Å². The number of hydrogen-bond donors (Lipinski definition) is 3. The third-order valence-electron chi connectivity index (χ3n) is 4.07. The van der Waals surface area contributed by atoms with E-state index in [2.05, 4.69) is 10.1 Å². The minimum Gasteiger partial charge on any atom is -0.459 e. The van der Waals surface area contributed by atoms with Crippen LogP contribution in [-0.4, -0.2) is 61.8 Å². The molecule has 138 valence electrons. The summed E-state index contributed by atoms with van der Waals surface area (Å²) in [7, 11) is 0. The highest BCUT2D eigenvalue weighted by Gasteiger charge is 2.45. The van der Waals surface area contributed by atoms with Gasteiger partial charge in [-0.2, -0.15) is 0 Å². The van der Waals surface area contributed by atoms with E-state index in [9.17, 15) is 19.8 Å². The van der Waals surface area contributed by atoms with Crippen LogP contribution in [0, 0.1) is 6.92 Å². The number of carbonyl (C=O) groups is 2. The van der Waals surface area contributed by atoms with E-state index in [1.54, 1.807) is 31.2 Å². The number of aryl methyl sites for hydroxylation is 1. The highest BCUT2D eigenvalue weighted by Crippen LogP contribution is 2.29. The molecule has 4 unspecified atom stereocenters. The number of esters is 1. The lowest BCUT2D eigenvalue weighted by molar-refractivity contribution is -0.0632. The fourth-order valence-corrected chi connectivity index (χ4v) is 2.63. The molecule has 1 amide bonds. The van der Waals surface area contributed by atoms with E-state index in [4.69, 9.17) is 15.2 Å². The van der Waals surface area contributed by atoms with E-state index in [1.165, 1.54) is 0 Å². The topological polar surface area (TPSA) is 150 Å². The van der Waals surface area contributed by atoms with E-state index < -0.39 is 36.4 Å². The molecule has 0 radical (unpaired) electrons. The van der Waals surface area contributed by atoms with Crippen molar-refractivity contribution < 1.29 is 29.3 Å². The van der Waals surface area contributed by atoms with Gasteiger partial charge in [-0.15, -0.1) is 5.10 Å². The van der Waals surface area contributed by atoms with Gasteiger partial charge in [0, 0.05) is 0 Å². The molecular formula is C16H18N4O6. The van der Waals surface area contributed by atoms with Gasteiger partial charge in [-0.05, 0) is 18.6 Å². The largest absolute Gasteiger partial charge is 0.459 e. The Morgan fingerprint density at radius 3 is 2.69 bits per heavy atom. The van der Waals surface area contributed by atoms with Gasteiger partial charge in [-0.3, -0.25) is 4.79 Å². The number of nitrogens with two attached hydrogens (primary N) is 1. The van der Waals surface area contributed by atoms with Gasteiger partial charge in [-0.1, -0.05) is 18.2 Å². The molecule has 1 aromatic carbocycles. The lowest BCUT2D eigenvalue weighted by Gasteiger charge is -2.15. The summed E-state index contributed by atoms with van der Waals surface area (Å²) in [5.74, 6) is -1.64. The monoisotopic (exact) mass is 362 g/mol. The summed E-state index contributed by atoms with van der Waals surface area (Å²) < 4.78 is 11.8. The number of ether oxygens (including phenoxy) is 2. The van der Waals surface area contributed by atoms with Crippen molar-refractivity contribution in [3.05, 3.63) is 47.5 Å². The number of aliphatic hydroxyl groups is 2. The second kappa shape index (κ2) is 7.20. The molecule has 1 aliphatic heterocycles. The van der Waals surface area contributed by atoms with Crippen LogP contribution in [0.5, 0.6) is 0 Å². The molecule has 0 aliphatic carbocycles. The zero-order chi connectivity index (χ0) is 18.8. The maximum Gasteiger partial charge on any atom is 0.338 e. The highest BCUT2D eigenvalue weighted by atomic mass is 16.6. The van der Waals surface area contributed by atoms with Gasteiger partial charge in [0.05, 0.1) is 5.56 Å². The average Bonchev–Trinajstić information content (AvgIpc) is 3.20. The van der Waals surface area contributed by atoms with Gasteiger partial charge in [0.15, 0.2) is 6.23 Å². The lowest BCUT2D eigenvalue weighted by atomic mass is 10.1. The number of aliphatic hydroxyl groups excluding tert-OH is 2. The molecule has 0 spiro atoms. The minimum atomic E-state index is -1.35. The molecule has 10 nitrogen and oxygen atoms in total. The first-order chi connectivity index (χ1) is 12.4. The number of carbonyl (C=O) groups excluding carboxylic acids is 2. The zero-order valence-electron chi connectivity index (χ0n) is 13.8. The van der Waals surface area contributed by atoms with Crippen molar-refractivity contribution in [3.63, 3.8) is 0 Å². The molecule has 2 aromatic rings. The molecule has 0 saturated carbocycles. The molecule has 1 fully saturated rings. The quantitative estimate of drug-likeness (QED) is 0.583. The van der Waals surface area contributed by atoms with Crippen LogP contribution in [0.1, 0.15) is 32.8 Å². The Labute approximate surface area is 148 Å². The van der Waals surface area contributed by atoms with Crippen molar-refractivity contribution in [2.24, 2.45) is 5.73 Å². The van der Waals surface area contributed by atoms with E-state index in [-0.39, 0.29) is 12.4 Å². The summed E-state index contributed by atoms with van der Waals surface area (Å²) in [6.07, 6.45) is -3.56. The number of nitrogens with zero attached hydrogens (tertiary/aromatic N) is 3. The number of rotatable bonds is 5. The molecular weight excluding hydrogens is 344 g/mol. The summed E-state index contributed by atoms with van der Waals surface area (Å²) in [6.45, 7) is 1.51. The third kappa shape index (κ3) is 3.43. The first kappa shape index (κ1) is 18.0. The van der Waals surface area contributed by atoms with Crippen molar-refractivity contribution in [1.82, 2.24) is 14.8 Å². The third-order valence-corrected chi connectivity index (χ3v) is 4.07. The normalized spacial score (nSPS) is 25.2. The molecule has 26 heavy (non-hydrogen) atoms. The van der Waals surface area contributed by atoms with Crippen LogP contribution in [-0.2, 0) is 9.47 Å². The van der Waals surface area contributed by atoms with Crippen LogP contribution >= 0.6 is 0 Å². The Bertz CT molecular complexity index is 823. The predicted octanol–water partition coefficient (Wildman–Crippen LogP) is -0.838. The van der Waals surface area contributed by atoms with Crippen LogP contribution in [0.4, 0.5) is 0 Å². The summed E-state index contributed by atoms with van der Waals surface area (Å²) in [5.41, 5.74) is 6.23. The van der Waals surface area contributed by atoms with E-state index in [0.717, 1.165) is 16.6 Å². The fourth-order valence-electron chi connectivity index (χ4n) is 2.63. The second-order valence-corrected chi connectivity index (χ2v) is 5.87. The highest BCUT2D eigenvalue weighted by molar-refractivity contribution is 5.91. The SMILES string of the molecule is Cc1ccccc1C(=O)OCC1OC(n2cnc(C(N)=O)n2)C(O)C1O. The Balaban J connectivity index is 1.65.